The molecule has 0 saturated carbocycles. The monoisotopic (exact) mass is 491 g/mol. The van der Waals surface area contributed by atoms with Crippen molar-refractivity contribution in [1.82, 2.24) is 5.32 Å². The van der Waals surface area contributed by atoms with Gasteiger partial charge in [0, 0.05) is 24.1 Å². The Morgan fingerprint density at radius 3 is 2.22 bits per heavy atom. The number of para-hydroxylation sites is 1. The van der Waals surface area contributed by atoms with Crippen molar-refractivity contribution in [3.63, 3.8) is 0 Å². The van der Waals surface area contributed by atoms with Crippen molar-refractivity contribution in [1.29, 1.82) is 0 Å². The maximum Gasteiger partial charge on any atom is 0.247 e. The quantitative estimate of drug-likeness (QED) is 0.224. The van der Waals surface area contributed by atoms with Gasteiger partial charge in [0.25, 0.3) is 0 Å². The second kappa shape index (κ2) is 11.3. The van der Waals surface area contributed by atoms with Crippen LogP contribution in [0.15, 0.2) is 109 Å². The summed E-state index contributed by atoms with van der Waals surface area (Å²) in [7, 11) is 0. The summed E-state index contributed by atoms with van der Waals surface area (Å²) in [5.41, 5.74) is 2.56. The van der Waals surface area contributed by atoms with E-state index in [4.69, 9.17) is 14.2 Å². The second-order valence-corrected chi connectivity index (χ2v) is 8.49. The third kappa shape index (κ3) is 6.24. The van der Waals surface area contributed by atoms with Gasteiger partial charge < -0.3 is 19.5 Å². The summed E-state index contributed by atoms with van der Waals surface area (Å²) in [6, 6.07) is 31.4. The number of rotatable bonds is 9. The average Bonchev–Trinajstić information content (AvgIpc) is 3.41. The number of nitrogens with one attached hydrogen (secondary N) is 1. The number of amides is 1. The third-order valence-corrected chi connectivity index (χ3v) is 5.83. The van der Waals surface area contributed by atoms with Crippen molar-refractivity contribution >= 4 is 17.8 Å². The van der Waals surface area contributed by atoms with Gasteiger partial charge in [0.1, 0.15) is 11.5 Å². The Morgan fingerprint density at radius 2 is 1.46 bits per heavy atom. The summed E-state index contributed by atoms with van der Waals surface area (Å²) < 4.78 is 16.6. The minimum Gasteiger partial charge on any atom is -0.457 e. The predicted molar refractivity (Wildman–Crippen MR) is 141 cm³/mol. The molecule has 37 heavy (non-hydrogen) atoms. The van der Waals surface area contributed by atoms with E-state index in [1.54, 1.807) is 42.5 Å². The van der Waals surface area contributed by atoms with Gasteiger partial charge in [-0.3, -0.25) is 9.59 Å². The SMILES string of the molecule is O=C(NCc1ccccc1)/C(=C/c1ccc2c(c1)OCO2)CC(=O)c1ccc(Oc2ccccc2)cc1. The summed E-state index contributed by atoms with van der Waals surface area (Å²) in [6.45, 7) is 0.521. The summed E-state index contributed by atoms with van der Waals surface area (Å²) in [5, 5.41) is 2.93. The highest BCUT2D eigenvalue weighted by atomic mass is 16.7. The minimum absolute atomic E-state index is 0.0616. The van der Waals surface area contributed by atoms with Crippen LogP contribution < -0.4 is 19.5 Å². The van der Waals surface area contributed by atoms with E-state index in [0.29, 0.717) is 40.7 Å². The Bertz CT molecular complexity index is 1410. The Balaban J connectivity index is 1.33. The lowest BCUT2D eigenvalue weighted by Crippen LogP contribution is -2.25. The van der Waals surface area contributed by atoms with E-state index in [1.165, 1.54) is 0 Å². The predicted octanol–water partition coefficient (Wildman–Crippen LogP) is 6.18. The minimum atomic E-state index is -0.307. The molecule has 4 aromatic rings. The van der Waals surface area contributed by atoms with Crippen LogP contribution in [0.1, 0.15) is 27.9 Å². The van der Waals surface area contributed by atoms with Gasteiger partial charge in [-0.25, -0.2) is 0 Å². The average molecular weight is 492 g/mol. The van der Waals surface area contributed by atoms with E-state index in [-0.39, 0.29) is 24.9 Å². The standard InChI is InChI=1S/C31H25NO5/c33-28(24-12-14-27(15-13-24)37-26-9-5-2-6-10-26)19-25(31(34)32-20-22-7-3-1-4-8-22)17-23-11-16-29-30(18-23)36-21-35-29/h1-18H,19-21H2,(H,32,34)/b25-17+. The molecule has 0 saturated heterocycles. The van der Waals surface area contributed by atoms with Crippen molar-refractivity contribution in [2.24, 2.45) is 0 Å². The summed E-state index contributed by atoms with van der Waals surface area (Å²) in [5.74, 6) is 2.12. The third-order valence-electron chi connectivity index (χ3n) is 5.83. The smallest absolute Gasteiger partial charge is 0.247 e. The van der Waals surface area contributed by atoms with Crippen LogP contribution in [0.2, 0.25) is 0 Å². The number of Topliss-reactive ketones (excluding diaryl/α,β-unsaturated/α-hetero) is 1. The number of ether oxygens (including phenoxy) is 3. The number of hydrogen-bond acceptors (Lipinski definition) is 5. The van der Waals surface area contributed by atoms with E-state index >= 15 is 0 Å². The molecule has 6 nitrogen and oxygen atoms in total. The molecule has 0 radical (unpaired) electrons. The molecule has 184 valence electrons. The highest BCUT2D eigenvalue weighted by Crippen LogP contribution is 2.33. The summed E-state index contributed by atoms with van der Waals surface area (Å²) in [4.78, 5) is 26.3. The Kier molecular flexibility index (Phi) is 7.27. The Morgan fingerprint density at radius 1 is 0.784 bits per heavy atom. The van der Waals surface area contributed by atoms with E-state index in [9.17, 15) is 9.59 Å². The second-order valence-electron chi connectivity index (χ2n) is 8.49. The zero-order valence-electron chi connectivity index (χ0n) is 20.1. The number of carbonyl (C=O) groups excluding carboxylic acids is 2. The molecule has 1 N–H and O–H groups in total. The number of benzene rings is 4. The molecule has 6 heteroatoms. The van der Waals surface area contributed by atoms with Gasteiger partial charge in [0.2, 0.25) is 12.7 Å². The molecule has 0 atom stereocenters. The first-order valence-electron chi connectivity index (χ1n) is 11.9. The lowest BCUT2D eigenvalue weighted by molar-refractivity contribution is -0.117. The molecule has 1 heterocycles. The van der Waals surface area contributed by atoms with Crippen LogP contribution in [0.25, 0.3) is 6.08 Å². The first-order valence-corrected chi connectivity index (χ1v) is 11.9. The highest BCUT2D eigenvalue weighted by Gasteiger charge is 2.18. The zero-order valence-corrected chi connectivity index (χ0v) is 20.1. The van der Waals surface area contributed by atoms with Gasteiger partial charge in [-0.1, -0.05) is 54.6 Å². The molecular formula is C31H25NO5. The van der Waals surface area contributed by atoms with Crippen molar-refractivity contribution < 1.29 is 23.8 Å². The van der Waals surface area contributed by atoms with Crippen LogP contribution in [0.3, 0.4) is 0 Å². The fourth-order valence-corrected chi connectivity index (χ4v) is 3.90. The summed E-state index contributed by atoms with van der Waals surface area (Å²) in [6.07, 6.45) is 1.65. The number of ketones is 1. The van der Waals surface area contributed by atoms with E-state index in [1.807, 2.05) is 66.7 Å². The van der Waals surface area contributed by atoms with Crippen LogP contribution in [-0.2, 0) is 11.3 Å². The van der Waals surface area contributed by atoms with Crippen molar-refractivity contribution in [2.45, 2.75) is 13.0 Å². The molecular weight excluding hydrogens is 466 g/mol. The maximum absolute atomic E-state index is 13.2. The maximum atomic E-state index is 13.2. The first-order chi connectivity index (χ1) is 18.1. The molecule has 1 amide bonds. The van der Waals surface area contributed by atoms with Crippen LogP contribution in [-0.4, -0.2) is 18.5 Å². The van der Waals surface area contributed by atoms with Crippen LogP contribution in [0, 0.1) is 0 Å². The van der Waals surface area contributed by atoms with Gasteiger partial charge >= 0.3 is 0 Å². The molecule has 5 rings (SSSR count). The van der Waals surface area contributed by atoms with Crippen molar-refractivity contribution in [3.05, 3.63) is 125 Å². The van der Waals surface area contributed by atoms with Crippen LogP contribution in [0.5, 0.6) is 23.0 Å². The van der Waals surface area contributed by atoms with Crippen molar-refractivity contribution in [3.8, 4) is 23.0 Å². The summed E-state index contributed by atoms with van der Waals surface area (Å²) >= 11 is 0. The first kappa shape index (κ1) is 23.9. The highest BCUT2D eigenvalue weighted by molar-refractivity contribution is 6.07. The molecule has 0 fully saturated rings. The molecule has 4 aromatic carbocycles. The molecule has 0 aromatic heterocycles. The Hall–Kier alpha value is -4.84. The largest absolute Gasteiger partial charge is 0.457 e. The number of hydrogen-bond donors (Lipinski definition) is 1. The van der Waals surface area contributed by atoms with Gasteiger partial charge in [-0.2, -0.15) is 0 Å². The fraction of sp³-hybridized carbons (Fsp3) is 0.0968. The van der Waals surface area contributed by atoms with Gasteiger partial charge in [-0.05, 0) is 65.7 Å². The van der Waals surface area contributed by atoms with E-state index in [2.05, 4.69) is 5.32 Å². The Labute approximate surface area is 215 Å². The molecule has 0 spiro atoms. The number of fused-ring (bicyclic) bond motifs is 1. The van der Waals surface area contributed by atoms with Crippen molar-refractivity contribution in [2.75, 3.05) is 6.79 Å². The topological polar surface area (TPSA) is 73.9 Å². The van der Waals surface area contributed by atoms with Crippen LogP contribution >= 0.6 is 0 Å². The molecule has 0 aliphatic carbocycles. The molecule has 0 bridgehead atoms. The molecule has 0 unspecified atom stereocenters. The fourth-order valence-electron chi connectivity index (χ4n) is 3.90. The van der Waals surface area contributed by atoms with Crippen LogP contribution in [0.4, 0.5) is 0 Å². The van der Waals surface area contributed by atoms with Gasteiger partial charge in [-0.15, -0.1) is 0 Å². The molecule has 1 aliphatic heterocycles. The number of carbonyl (C=O) groups is 2. The molecule has 1 aliphatic rings. The van der Waals surface area contributed by atoms with E-state index < -0.39 is 0 Å². The lowest BCUT2D eigenvalue weighted by Gasteiger charge is -2.11. The zero-order chi connectivity index (χ0) is 25.5. The van der Waals surface area contributed by atoms with Gasteiger partial charge in [0.15, 0.2) is 17.3 Å². The lowest BCUT2D eigenvalue weighted by atomic mass is 10.00. The van der Waals surface area contributed by atoms with Gasteiger partial charge in [0.05, 0.1) is 0 Å². The normalized spacial score (nSPS) is 12.2. The van der Waals surface area contributed by atoms with E-state index in [0.717, 1.165) is 11.1 Å².